The van der Waals surface area contributed by atoms with Crippen molar-refractivity contribution in [1.29, 1.82) is 0 Å². The van der Waals surface area contributed by atoms with Gasteiger partial charge in [0.15, 0.2) is 0 Å². The first kappa shape index (κ1) is 18.5. The van der Waals surface area contributed by atoms with E-state index in [1.54, 1.807) is 7.11 Å². The molecule has 0 radical (unpaired) electrons. The topological polar surface area (TPSA) is 46.5 Å². The number of aryl methyl sites for hydroxylation is 1. The maximum absolute atomic E-state index is 12.2. The van der Waals surface area contributed by atoms with Gasteiger partial charge in [-0.15, -0.1) is 0 Å². The Hall–Kier alpha value is -1.85. The summed E-state index contributed by atoms with van der Waals surface area (Å²) in [6.07, 6.45) is 4.82. The zero-order chi connectivity index (χ0) is 19.1. The number of hydrogen-bond donors (Lipinski definition) is 1. The molecule has 1 amide bonds. The van der Waals surface area contributed by atoms with Crippen molar-refractivity contribution in [3.63, 3.8) is 0 Å². The van der Waals surface area contributed by atoms with Gasteiger partial charge < -0.3 is 4.74 Å². The minimum atomic E-state index is -0.113. The Morgan fingerprint density at radius 1 is 1.33 bits per heavy atom. The molecule has 0 saturated carbocycles. The molecule has 1 N–H and O–H groups in total. The largest absolute Gasteiger partial charge is 0.375 e. The van der Waals surface area contributed by atoms with Gasteiger partial charge in [-0.25, -0.2) is 0 Å². The van der Waals surface area contributed by atoms with Crippen molar-refractivity contribution in [3.05, 3.63) is 34.5 Å². The van der Waals surface area contributed by atoms with Crippen LogP contribution >= 0.6 is 0 Å². The lowest BCUT2D eigenvalue weighted by Gasteiger charge is -2.44. The van der Waals surface area contributed by atoms with E-state index in [0.717, 1.165) is 17.6 Å². The molecule has 1 aromatic heterocycles. The number of benzene rings is 1. The average molecular weight is 370 g/mol. The second kappa shape index (κ2) is 7.28. The summed E-state index contributed by atoms with van der Waals surface area (Å²) in [6.45, 7) is 9.01. The van der Waals surface area contributed by atoms with Crippen molar-refractivity contribution in [2.24, 2.45) is 0 Å². The summed E-state index contributed by atoms with van der Waals surface area (Å²) >= 11 is 0. The van der Waals surface area contributed by atoms with E-state index in [9.17, 15) is 4.79 Å². The molecule has 5 nitrogen and oxygen atoms in total. The van der Waals surface area contributed by atoms with E-state index in [1.807, 2.05) is 4.68 Å². The van der Waals surface area contributed by atoms with Gasteiger partial charge in [0.25, 0.3) is 5.91 Å². The lowest BCUT2D eigenvalue weighted by molar-refractivity contribution is -0.120. The third kappa shape index (κ3) is 2.97. The average Bonchev–Trinajstić information content (AvgIpc) is 2.92. The molecule has 1 fully saturated rings. The van der Waals surface area contributed by atoms with E-state index in [-0.39, 0.29) is 12.5 Å². The van der Waals surface area contributed by atoms with Crippen LogP contribution in [0.4, 0.5) is 0 Å². The molecule has 0 spiro atoms. The highest BCUT2D eigenvalue weighted by atomic mass is 16.5. The van der Waals surface area contributed by atoms with Gasteiger partial charge in [0.05, 0.1) is 5.52 Å². The monoisotopic (exact) mass is 369 g/mol. The fourth-order valence-electron chi connectivity index (χ4n) is 5.32. The molecule has 2 heterocycles. The van der Waals surface area contributed by atoms with E-state index >= 15 is 0 Å². The number of piperidine rings is 1. The van der Waals surface area contributed by atoms with Crippen LogP contribution in [-0.2, 0) is 16.0 Å². The van der Waals surface area contributed by atoms with Crippen LogP contribution in [-0.4, -0.2) is 48.3 Å². The van der Waals surface area contributed by atoms with Crippen LogP contribution in [0.5, 0.6) is 0 Å². The number of rotatable bonds is 5. The summed E-state index contributed by atoms with van der Waals surface area (Å²) < 4.78 is 7.02. The zero-order valence-electron chi connectivity index (χ0n) is 17.0. The normalized spacial score (nSPS) is 22.1. The number of fused-ring (bicyclic) bond motifs is 2. The molecular weight excluding hydrogens is 338 g/mol. The van der Waals surface area contributed by atoms with Crippen molar-refractivity contribution in [2.45, 2.75) is 58.4 Å². The second-order valence-corrected chi connectivity index (χ2v) is 8.12. The fraction of sp³-hybridized carbons (Fsp3) is 0.591. The van der Waals surface area contributed by atoms with Crippen molar-refractivity contribution in [1.82, 2.24) is 9.58 Å². The summed E-state index contributed by atoms with van der Waals surface area (Å²) in [7, 11) is 1.55. The van der Waals surface area contributed by atoms with Gasteiger partial charge in [-0.1, -0.05) is 19.1 Å². The number of amides is 1. The van der Waals surface area contributed by atoms with Gasteiger partial charge in [0, 0.05) is 30.1 Å². The summed E-state index contributed by atoms with van der Waals surface area (Å²) in [6, 6.07) is 5.15. The third-order valence-electron chi connectivity index (χ3n) is 6.44. The number of nitrogens with one attached hydrogen (secondary N) is 1. The van der Waals surface area contributed by atoms with Crippen molar-refractivity contribution in [3.8, 4) is 0 Å². The molecule has 2 aliphatic rings. The SMILES string of the molecule is CCCN1CCC[C@@H]2c3ccc(C)c4c3c(c(C)n4NC(=O)COC)C[C@H]21. The lowest BCUT2D eigenvalue weighted by atomic mass is 9.74. The molecule has 1 saturated heterocycles. The molecule has 1 aliphatic carbocycles. The summed E-state index contributed by atoms with van der Waals surface area (Å²) in [5.74, 6) is 0.490. The second-order valence-electron chi connectivity index (χ2n) is 8.12. The Balaban J connectivity index is 1.84. The first-order valence-corrected chi connectivity index (χ1v) is 10.2. The number of methoxy groups -OCH3 is 1. The minimum Gasteiger partial charge on any atom is -0.375 e. The lowest BCUT2D eigenvalue weighted by Crippen LogP contribution is -2.47. The van der Waals surface area contributed by atoms with E-state index in [2.05, 4.69) is 43.2 Å². The van der Waals surface area contributed by atoms with Gasteiger partial charge in [-0.3, -0.25) is 19.8 Å². The van der Waals surface area contributed by atoms with E-state index < -0.39 is 0 Å². The van der Waals surface area contributed by atoms with Crippen LogP contribution in [0.25, 0.3) is 10.9 Å². The number of likely N-dealkylation sites (tertiary alicyclic amines) is 1. The van der Waals surface area contributed by atoms with Gasteiger partial charge in [-0.05, 0) is 69.3 Å². The first-order valence-electron chi connectivity index (χ1n) is 10.2. The van der Waals surface area contributed by atoms with Crippen LogP contribution in [0.2, 0.25) is 0 Å². The quantitative estimate of drug-likeness (QED) is 0.878. The highest BCUT2D eigenvalue weighted by molar-refractivity contribution is 5.95. The van der Waals surface area contributed by atoms with Gasteiger partial charge in [0.2, 0.25) is 0 Å². The maximum Gasteiger partial charge on any atom is 0.264 e. The number of ether oxygens (including phenoxy) is 1. The highest BCUT2D eigenvalue weighted by Crippen LogP contribution is 2.45. The fourth-order valence-corrected chi connectivity index (χ4v) is 5.32. The zero-order valence-corrected chi connectivity index (χ0v) is 17.0. The van der Waals surface area contributed by atoms with E-state index in [1.165, 1.54) is 54.4 Å². The van der Waals surface area contributed by atoms with Crippen molar-refractivity contribution < 1.29 is 9.53 Å². The molecule has 0 unspecified atom stereocenters. The van der Waals surface area contributed by atoms with Crippen molar-refractivity contribution >= 4 is 16.8 Å². The van der Waals surface area contributed by atoms with Crippen LogP contribution in [0.15, 0.2) is 12.1 Å². The third-order valence-corrected chi connectivity index (χ3v) is 6.44. The van der Waals surface area contributed by atoms with Crippen molar-refractivity contribution in [2.75, 3.05) is 32.2 Å². The Morgan fingerprint density at radius 3 is 2.89 bits per heavy atom. The molecule has 1 aromatic carbocycles. The van der Waals surface area contributed by atoms with Gasteiger partial charge in [0.1, 0.15) is 6.61 Å². The first-order chi connectivity index (χ1) is 13.1. The number of hydrogen-bond acceptors (Lipinski definition) is 3. The number of nitrogens with zero attached hydrogens (tertiary/aromatic N) is 2. The Bertz CT molecular complexity index is 868. The molecule has 1 aliphatic heterocycles. The van der Waals surface area contributed by atoms with Gasteiger partial charge in [-0.2, -0.15) is 0 Å². The van der Waals surface area contributed by atoms with E-state index in [4.69, 9.17) is 4.74 Å². The molecule has 4 rings (SSSR count). The molecule has 5 heteroatoms. The molecule has 2 atom stereocenters. The molecule has 146 valence electrons. The number of carbonyl (C=O) groups excluding carboxylic acids is 1. The highest BCUT2D eigenvalue weighted by Gasteiger charge is 2.38. The number of carbonyl (C=O) groups is 1. The van der Waals surface area contributed by atoms with Crippen LogP contribution in [0, 0.1) is 13.8 Å². The summed E-state index contributed by atoms with van der Waals surface area (Å²) in [5, 5.41) is 1.38. The molecular formula is C22H31N3O2. The van der Waals surface area contributed by atoms with Crippen LogP contribution < -0.4 is 5.43 Å². The summed E-state index contributed by atoms with van der Waals surface area (Å²) in [5.41, 5.74) is 9.48. The summed E-state index contributed by atoms with van der Waals surface area (Å²) in [4.78, 5) is 14.9. The van der Waals surface area contributed by atoms with Crippen LogP contribution in [0.1, 0.15) is 54.5 Å². The van der Waals surface area contributed by atoms with Crippen LogP contribution in [0.3, 0.4) is 0 Å². The Labute approximate surface area is 161 Å². The Kier molecular flexibility index (Phi) is 4.99. The number of aromatic nitrogens is 1. The smallest absolute Gasteiger partial charge is 0.264 e. The molecule has 27 heavy (non-hydrogen) atoms. The predicted octanol–water partition coefficient (Wildman–Crippen LogP) is 3.49. The molecule has 2 aromatic rings. The molecule has 0 bridgehead atoms. The minimum absolute atomic E-state index is 0.0721. The van der Waals surface area contributed by atoms with Gasteiger partial charge >= 0.3 is 0 Å². The Morgan fingerprint density at radius 2 is 2.15 bits per heavy atom. The standard InChI is InChI=1S/C22H31N3O2/c1-5-10-24-11-6-7-16-17-9-8-14(2)22-21(17)18(12-19(16)24)15(3)25(22)23-20(26)13-27-4/h8-9,16,19H,5-7,10-13H2,1-4H3,(H,23,26)/t16-,19-/m1/s1. The predicted molar refractivity (Wildman–Crippen MR) is 109 cm³/mol. The maximum atomic E-state index is 12.2. The van der Waals surface area contributed by atoms with E-state index in [0.29, 0.717) is 12.0 Å².